The van der Waals surface area contributed by atoms with Crippen molar-refractivity contribution in [1.29, 1.82) is 0 Å². The summed E-state index contributed by atoms with van der Waals surface area (Å²) in [6.07, 6.45) is 0. The lowest BCUT2D eigenvalue weighted by atomic mass is 10.1. The highest BCUT2D eigenvalue weighted by molar-refractivity contribution is 6.23. The summed E-state index contributed by atoms with van der Waals surface area (Å²) in [6.45, 7) is 5.63. The number of hydrogen-bond donors (Lipinski definition) is 0. The van der Waals surface area contributed by atoms with E-state index in [-0.39, 0.29) is 5.91 Å². The van der Waals surface area contributed by atoms with Gasteiger partial charge >= 0.3 is 0 Å². The van der Waals surface area contributed by atoms with Crippen molar-refractivity contribution in [1.82, 2.24) is 0 Å². The summed E-state index contributed by atoms with van der Waals surface area (Å²) >= 11 is 0. The molecular weight excluding hydrogens is 320 g/mol. The number of nitrogens with zero attached hydrogens (tertiary/aromatic N) is 2. The number of carbonyl (C=O) groups excluding carboxylic acids is 1. The third-order valence-corrected chi connectivity index (χ3v) is 4.12. The molecule has 0 aromatic heterocycles. The topological polar surface area (TPSA) is 32.7 Å². The average molecular weight is 342 g/mol. The van der Waals surface area contributed by atoms with E-state index in [1.165, 1.54) is 5.56 Å². The highest BCUT2D eigenvalue weighted by Crippen LogP contribution is 2.22. The minimum Gasteiger partial charge on any atom is -0.274 e. The maximum absolute atomic E-state index is 12.5. The minimum absolute atomic E-state index is 0.0800. The fourth-order valence-electron chi connectivity index (χ4n) is 2.72. The SMILES string of the molecule is CC(=O)N(C(=Nc1ccc(C)cc1)c1ccccc1)c1ccc(C)cc1. The third kappa shape index (κ3) is 4.06. The normalized spacial score (nSPS) is 11.3. The zero-order valence-electron chi connectivity index (χ0n) is 15.3. The molecule has 0 N–H and O–H groups in total. The largest absolute Gasteiger partial charge is 0.274 e. The Labute approximate surface area is 154 Å². The summed E-state index contributed by atoms with van der Waals surface area (Å²) < 4.78 is 0. The molecule has 0 heterocycles. The van der Waals surface area contributed by atoms with Crippen molar-refractivity contribution < 1.29 is 4.79 Å². The molecule has 1 amide bonds. The molecule has 3 rings (SSSR count). The zero-order valence-corrected chi connectivity index (χ0v) is 15.3. The standard InChI is InChI=1S/C23H22N2O/c1-17-9-13-21(14-10-17)24-23(20-7-5-4-6-8-20)25(19(3)26)22-15-11-18(2)12-16-22/h4-16H,1-3H3. The number of amides is 1. The van der Waals surface area contributed by atoms with Crippen molar-refractivity contribution in [2.24, 2.45) is 4.99 Å². The van der Waals surface area contributed by atoms with Crippen molar-refractivity contribution >= 4 is 23.1 Å². The van der Waals surface area contributed by atoms with Gasteiger partial charge in [0.25, 0.3) is 0 Å². The molecule has 0 radical (unpaired) electrons. The van der Waals surface area contributed by atoms with Gasteiger partial charge in [-0.05, 0) is 38.1 Å². The van der Waals surface area contributed by atoms with Crippen molar-refractivity contribution in [2.45, 2.75) is 20.8 Å². The quantitative estimate of drug-likeness (QED) is 0.461. The Hall–Kier alpha value is -3.20. The van der Waals surface area contributed by atoms with Crippen LogP contribution in [0.3, 0.4) is 0 Å². The second-order valence-corrected chi connectivity index (χ2v) is 6.33. The molecule has 0 saturated heterocycles. The number of hydrogen-bond acceptors (Lipinski definition) is 2. The van der Waals surface area contributed by atoms with Gasteiger partial charge in [0.2, 0.25) is 5.91 Å². The molecule has 0 saturated carbocycles. The lowest BCUT2D eigenvalue weighted by Crippen LogP contribution is -2.35. The maximum Gasteiger partial charge on any atom is 0.229 e. The van der Waals surface area contributed by atoms with Crippen LogP contribution in [0, 0.1) is 13.8 Å². The lowest BCUT2D eigenvalue weighted by molar-refractivity contribution is -0.115. The summed E-state index contributed by atoms with van der Waals surface area (Å²) in [6, 6.07) is 25.7. The third-order valence-electron chi connectivity index (χ3n) is 4.12. The Morgan fingerprint density at radius 3 is 1.85 bits per heavy atom. The van der Waals surface area contributed by atoms with Crippen molar-refractivity contribution in [3.05, 3.63) is 95.6 Å². The van der Waals surface area contributed by atoms with Gasteiger partial charge < -0.3 is 0 Å². The van der Waals surface area contributed by atoms with Crippen LogP contribution in [0.2, 0.25) is 0 Å². The number of anilines is 1. The van der Waals surface area contributed by atoms with Crippen LogP contribution < -0.4 is 4.90 Å². The van der Waals surface area contributed by atoms with Crippen LogP contribution in [0.25, 0.3) is 0 Å². The highest BCUT2D eigenvalue weighted by Gasteiger charge is 2.20. The monoisotopic (exact) mass is 342 g/mol. The molecule has 0 atom stereocenters. The van der Waals surface area contributed by atoms with E-state index in [0.717, 1.165) is 22.5 Å². The first-order chi connectivity index (χ1) is 12.5. The summed E-state index contributed by atoms with van der Waals surface area (Å²) in [5, 5.41) is 0. The predicted molar refractivity (Wildman–Crippen MR) is 108 cm³/mol. The fraction of sp³-hybridized carbons (Fsp3) is 0.130. The smallest absolute Gasteiger partial charge is 0.229 e. The Bertz CT molecular complexity index is 911. The van der Waals surface area contributed by atoms with E-state index in [1.54, 1.807) is 11.8 Å². The van der Waals surface area contributed by atoms with Gasteiger partial charge in [0.1, 0.15) is 5.84 Å². The van der Waals surface area contributed by atoms with Crippen LogP contribution in [-0.4, -0.2) is 11.7 Å². The Balaban J connectivity index is 2.15. The number of benzene rings is 3. The predicted octanol–water partition coefficient (Wildman–Crippen LogP) is 5.43. The number of amidine groups is 1. The van der Waals surface area contributed by atoms with Gasteiger partial charge in [-0.1, -0.05) is 65.7 Å². The average Bonchev–Trinajstić information content (AvgIpc) is 2.65. The van der Waals surface area contributed by atoms with Gasteiger partial charge in [-0.3, -0.25) is 9.69 Å². The van der Waals surface area contributed by atoms with Crippen LogP contribution in [-0.2, 0) is 4.79 Å². The molecular formula is C23H22N2O. The lowest BCUT2D eigenvalue weighted by Gasteiger charge is -2.23. The summed E-state index contributed by atoms with van der Waals surface area (Å²) in [5.41, 5.74) is 4.83. The molecule has 0 aliphatic heterocycles. The van der Waals surface area contributed by atoms with E-state index in [9.17, 15) is 4.79 Å². The van der Waals surface area contributed by atoms with Crippen LogP contribution in [0.15, 0.2) is 83.9 Å². The van der Waals surface area contributed by atoms with Gasteiger partial charge in [-0.25, -0.2) is 4.99 Å². The molecule has 130 valence electrons. The maximum atomic E-state index is 12.5. The second-order valence-electron chi connectivity index (χ2n) is 6.33. The molecule has 3 aromatic carbocycles. The number of aliphatic imine (C=N–C) groups is 1. The highest BCUT2D eigenvalue weighted by atomic mass is 16.2. The molecule has 0 fully saturated rings. The van der Waals surface area contributed by atoms with Crippen LogP contribution in [0.1, 0.15) is 23.6 Å². The molecule has 0 unspecified atom stereocenters. The van der Waals surface area contributed by atoms with E-state index >= 15 is 0 Å². The fourth-order valence-corrected chi connectivity index (χ4v) is 2.72. The van der Waals surface area contributed by atoms with Gasteiger partial charge in [-0.15, -0.1) is 0 Å². The Kier molecular flexibility index (Phi) is 5.28. The number of rotatable bonds is 3. The molecule has 26 heavy (non-hydrogen) atoms. The molecule has 0 bridgehead atoms. The van der Waals surface area contributed by atoms with E-state index in [2.05, 4.69) is 0 Å². The van der Waals surface area contributed by atoms with Crippen molar-refractivity contribution in [3.8, 4) is 0 Å². The first kappa shape index (κ1) is 17.6. The van der Waals surface area contributed by atoms with Crippen LogP contribution in [0.5, 0.6) is 0 Å². The zero-order chi connectivity index (χ0) is 18.5. The molecule has 0 aliphatic rings. The summed E-state index contributed by atoms with van der Waals surface area (Å²) in [7, 11) is 0. The van der Waals surface area contributed by atoms with Gasteiger partial charge in [0, 0.05) is 12.5 Å². The summed E-state index contributed by atoms with van der Waals surface area (Å²) in [4.78, 5) is 19.0. The van der Waals surface area contributed by atoms with E-state index < -0.39 is 0 Å². The number of aryl methyl sites for hydroxylation is 2. The van der Waals surface area contributed by atoms with Crippen LogP contribution in [0.4, 0.5) is 11.4 Å². The van der Waals surface area contributed by atoms with E-state index in [4.69, 9.17) is 4.99 Å². The molecule has 3 nitrogen and oxygen atoms in total. The van der Waals surface area contributed by atoms with E-state index in [0.29, 0.717) is 5.84 Å². The van der Waals surface area contributed by atoms with E-state index in [1.807, 2.05) is 92.7 Å². The van der Waals surface area contributed by atoms with Gasteiger partial charge in [-0.2, -0.15) is 0 Å². The van der Waals surface area contributed by atoms with Crippen molar-refractivity contribution in [2.75, 3.05) is 4.90 Å². The number of carbonyl (C=O) groups is 1. The summed E-state index contributed by atoms with van der Waals surface area (Å²) in [5.74, 6) is 0.536. The van der Waals surface area contributed by atoms with Gasteiger partial charge in [0.05, 0.1) is 11.4 Å². The molecule has 3 aromatic rings. The minimum atomic E-state index is -0.0800. The first-order valence-corrected chi connectivity index (χ1v) is 8.63. The Morgan fingerprint density at radius 1 is 0.769 bits per heavy atom. The van der Waals surface area contributed by atoms with Crippen molar-refractivity contribution in [3.63, 3.8) is 0 Å². The molecule has 3 heteroatoms. The first-order valence-electron chi connectivity index (χ1n) is 8.63. The van der Waals surface area contributed by atoms with Crippen LogP contribution >= 0.6 is 0 Å². The molecule has 0 spiro atoms. The second kappa shape index (κ2) is 7.79. The Morgan fingerprint density at radius 2 is 1.31 bits per heavy atom. The van der Waals surface area contributed by atoms with Gasteiger partial charge in [0.15, 0.2) is 0 Å². The molecule has 0 aliphatic carbocycles.